The molecule has 0 saturated carbocycles. The van der Waals surface area contributed by atoms with Crippen molar-refractivity contribution in [1.29, 1.82) is 0 Å². The fraction of sp³-hybridized carbons (Fsp3) is 0.103. The summed E-state index contributed by atoms with van der Waals surface area (Å²) in [5.74, 6) is -0.245. The molecule has 0 spiro atoms. The van der Waals surface area contributed by atoms with Crippen molar-refractivity contribution in [2.75, 3.05) is 6.54 Å². The van der Waals surface area contributed by atoms with E-state index in [-0.39, 0.29) is 11.6 Å². The highest BCUT2D eigenvalue weighted by molar-refractivity contribution is 6.11. The van der Waals surface area contributed by atoms with Crippen LogP contribution >= 0.6 is 0 Å². The van der Waals surface area contributed by atoms with Gasteiger partial charge in [0.25, 0.3) is 0 Å². The number of aromatic amines is 1. The minimum atomic E-state index is -0.487. The van der Waals surface area contributed by atoms with Gasteiger partial charge in [-0.2, -0.15) is 0 Å². The van der Waals surface area contributed by atoms with Crippen molar-refractivity contribution in [1.82, 2.24) is 15.3 Å². The third kappa shape index (κ3) is 4.65. The monoisotopic (exact) mass is 449 g/mol. The van der Waals surface area contributed by atoms with Crippen LogP contribution in [0.25, 0.3) is 22.0 Å². The number of aromatic nitrogens is 2. The molecule has 168 valence electrons. The van der Waals surface area contributed by atoms with Crippen LogP contribution in [-0.2, 0) is 6.42 Å². The Labute approximate surface area is 197 Å². The van der Waals surface area contributed by atoms with Gasteiger partial charge in [0.2, 0.25) is 0 Å². The summed E-state index contributed by atoms with van der Waals surface area (Å²) >= 11 is 0. The van der Waals surface area contributed by atoms with E-state index in [1.54, 1.807) is 24.5 Å². The van der Waals surface area contributed by atoms with Gasteiger partial charge in [0.1, 0.15) is 5.82 Å². The third-order valence-electron chi connectivity index (χ3n) is 6.01. The number of carbonyl (C=O) groups excluding carboxylic acids is 1. The first kappa shape index (κ1) is 21.7. The largest absolute Gasteiger partial charge is 0.360 e. The highest BCUT2D eigenvalue weighted by atomic mass is 19.1. The number of fused-ring (bicyclic) bond motifs is 1. The van der Waals surface area contributed by atoms with Gasteiger partial charge in [0.05, 0.1) is 6.04 Å². The number of nitrogens with zero attached hydrogens (tertiary/aromatic N) is 1. The molecular formula is C29H24FN3O. The lowest BCUT2D eigenvalue weighted by atomic mass is 9.96. The van der Waals surface area contributed by atoms with Gasteiger partial charge in [0, 0.05) is 47.2 Å². The maximum absolute atomic E-state index is 13.7. The number of halogens is 1. The van der Waals surface area contributed by atoms with Crippen LogP contribution in [0.15, 0.2) is 104 Å². The normalized spacial score (nSPS) is 12.0. The highest BCUT2D eigenvalue weighted by Gasteiger charge is 2.24. The Kier molecular flexibility index (Phi) is 6.27. The summed E-state index contributed by atoms with van der Waals surface area (Å²) < 4.78 is 13.2. The summed E-state index contributed by atoms with van der Waals surface area (Å²) in [5.41, 5.74) is 5.55. The van der Waals surface area contributed by atoms with Gasteiger partial charge in [-0.1, -0.05) is 60.7 Å². The number of H-pyrrole nitrogens is 1. The molecule has 0 aliphatic heterocycles. The number of hydrogen-bond donors (Lipinski definition) is 2. The Morgan fingerprint density at radius 2 is 1.76 bits per heavy atom. The van der Waals surface area contributed by atoms with Gasteiger partial charge in [-0.3, -0.25) is 9.78 Å². The Hall–Kier alpha value is -4.09. The quantitative estimate of drug-likeness (QED) is 0.280. The number of rotatable bonds is 8. The number of Topliss-reactive ketones (excluding diaryl/α,β-unsaturated/α-hetero) is 1. The Morgan fingerprint density at radius 3 is 2.53 bits per heavy atom. The van der Waals surface area contributed by atoms with Crippen LogP contribution in [0.4, 0.5) is 4.39 Å². The molecule has 34 heavy (non-hydrogen) atoms. The lowest BCUT2D eigenvalue weighted by Crippen LogP contribution is -2.30. The van der Waals surface area contributed by atoms with Crippen molar-refractivity contribution >= 4 is 16.7 Å². The fourth-order valence-electron chi connectivity index (χ4n) is 4.22. The third-order valence-corrected chi connectivity index (χ3v) is 6.01. The summed E-state index contributed by atoms with van der Waals surface area (Å²) in [5, 5.41) is 4.31. The first-order valence-corrected chi connectivity index (χ1v) is 11.3. The molecule has 0 saturated heterocycles. The average Bonchev–Trinajstić information content (AvgIpc) is 3.32. The second-order valence-electron chi connectivity index (χ2n) is 8.24. The molecule has 0 fully saturated rings. The predicted octanol–water partition coefficient (Wildman–Crippen LogP) is 6.13. The van der Waals surface area contributed by atoms with Crippen LogP contribution in [0.1, 0.15) is 27.5 Å². The van der Waals surface area contributed by atoms with Crippen LogP contribution < -0.4 is 5.32 Å². The smallest absolute Gasteiger partial charge is 0.186 e. The molecule has 0 aliphatic carbocycles. The molecular weight excluding hydrogens is 425 g/mol. The molecule has 5 rings (SSSR count). The van der Waals surface area contributed by atoms with E-state index in [9.17, 15) is 9.18 Å². The van der Waals surface area contributed by atoms with Gasteiger partial charge in [-0.15, -0.1) is 0 Å². The van der Waals surface area contributed by atoms with Crippen LogP contribution in [-0.4, -0.2) is 22.3 Å². The molecule has 1 atom stereocenters. The summed E-state index contributed by atoms with van der Waals surface area (Å²) in [6.45, 7) is 0.588. The van der Waals surface area contributed by atoms with Gasteiger partial charge in [-0.05, 0) is 47.4 Å². The zero-order chi connectivity index (χ0) is 23.3. The first-order chi connectivity index (χ1) is 16.7. The SMILES string of the molecule is O=C(c1c[nH]c2cc(-c3cccnc3)ccc12)C(NCCc1ccc(F)cc1)c1ccccc1. The van der Waals surface area contributed by atoms with Crippen LogP contribution in [0.3, 0.4) is 0 Å². The van der Waals surface area contributed by atoms with E-state index in [0.29, 0.717) is 18.5 Å². The molecule has 2 heterocycles. The number of ketones is 1. The van der Waals surface area contributed by atoms with Crippen LogP contribution in [0.5, 0.6) is 0 Å². The fourth-order valence-corrected chi connectivity index (χ4v) is 4.22. The van der Waals surface area contributed by atoms with Gasteiger partial charge < -0.3 is 10.3 Å². The molecule has 2 N–H and O–H groups in total. The maximum atomic E-state index is 13.7. The zero-order valence-electron chi connectivity index (χ0n) is 18.5. The number of benzene rings is 3. The van der Waals surface area contributed by atoms with Crippen molar-refractivity contribution in [3.63, 3.8) is 0 Å². The van der Waals surface area contributed by atoms with E-state index in [1.165, 1.54) is 12.1 Å². The number of hydrogen-bond acceptors (Lipinski definition) is 3. The topological polar surface area (TPSA) is 57.8 Å². The van der Waals surface area contributed by atoms with E-state index in [2.05, 4.69) is 15.3 Å². The molecule has 1 unspecified atom stereocenters. The number of pyridine rings is 1. The van der Waals surface area contributed by atoms with Gasteiger partial charge >= 0.3 is 0 Å². The van der Waals surface area contributed by atoms with Crippen molar-refractivity contribution in [3.05, 3.63) is 126 Å². The van der Waals surface area contributed by atoms with E-state index in [4.69, 9.17) is 0 Å². The van der Waals surface area contributed by atoms with Crippen molar-refractivity contribution in [2.45, 2.75) is 12.5 Å². The van der Waals surface area contributed by atoms with E-state index in [0.717, 1.165) is 33.2 Å². The predicted molar refractivity (Wildman–Crippen MR) is 133 cm³/mol. The van der Waals surface area contributed by atoms with Crippen molar-refractivity contribution < 1.29 is 9.18 Å². The molecule has 5 aromatic rings. The highest BCUT2D eigenvalue weighted by Crippen LogP contribution is 2.28. The molecule has 5 heteroatoms. The van der Waals surface area contributed by atoms with E-state index in [1.807, 2.05) is 66.9 Å². The molecule has 2 aromatic heterocycles. The minimum Gasteiger partial charge on any atom is -0.360 e. The molecule has 0 aliphatic rings. The average molecular weight is 450 g/mol. The molecule has 0 radical (unpaired) electrons. The second-order valence-corrected chi connectivity index (χ2v) is 8.24. The number of nitrogens with one attached hydrogen (secondary N) is 2. The summed E-state index contributed by atoms with van der Waals surface area (Å²) in [7, 11) is 0. The van der Waals surface area contributed by atoms with Gasteiger partial charge in [0.15, 0.2) is 5.78 Å². The summed E-state index contributed by atoms with van der Waals surface area (Å²) in [6.07, 6.45) is 6.06. The molecule has 0 bridgehead atoms. The summed E-state index contributed by atoms with van der Waals surface area (Å²) in [6, 6.07) is 25.7. The standard InChI is InChI=1S/C29H24FN3O/c30-24-11-8-20(9-12-24)14-16-32-28(21-5-2-1-3-6-21)29(34)26-19-33-27-17-22(10-13-25(26)27)23-7-4-15-31-18-23/h1-13,15,17-19,28,32-33H,14,16H2. The molecule has 3 aromatic carbocycles. The van der Waals surface area contributed by atoms with E-state index >= 15 is 0 Å². The van der Waals surface area contributed by atoms with Gasteiger partial charge in [-0.25, -0.2) is 4.39 Å². The molecule has 0 amide bonds. The Balaban J connectivity index is 1.40. The number of carbonyl (C=O) groups is 1. The lowest BCUT2D eigenvalue weighted by Gasteiger charge is -2.18. The second kappa shape index (κ2) is 9.81. The van der Waals surface area contributed by atoms with Crippen LogP contribution in [0, 0.1) is 5.82 Å². The Bertz CT molecular complexity index is 1400. The minimum absolute atomic E-state index is 0.00526. The van der Waals surface area contributed by atoms with E-state index < -0.39 is 6.04 Å². The van der Waals surface area contributed by atoms with Crippen molar-refractivity contribution in [2.24, 2.45) is 0 Å². The summed E-state index contributed by atoms with van der Waals surface area (Å²) in [4.78, 5) is 21.2. The first-order valence-electron chi connectivity index (χ1n) is 11.3. The Morgan fingerprint density at radius 1 is 0.941 bits per heavy atom. The van der Waals surface area contributed by atoms with Crippen LogP contribution in [0.2, 0.25) is 0 Å². The van der Waals surface area contributed by atoms with Crippen molar-refractivity contribution in [3.8, 4) is 11.1 Å². The molecule has 4 nitrogen and oxygen atoms in total. The lowest BCUT2D eigenvalue weighted by molar-refractivity contribution is 0.0945. The maximum Gasteiger partial charge on any atom is 0.186 e. The zero-order valence-corrected chi connectivity index (χ0v) is 18.5.